The molecule has 5 aromatic rings. The van der Waals surface area contributed by atoms with Gasteiger partial charge < -0.3 is 9.80 Å². The van der Waals surface area contributed by atoms with Gasteiger partial charge in [-0.3, -0.25) is 19.8 Å². The number of pyridine rings is 1. The Balaban J connectivity index is 0.940. The molecule has 0 spiro atoms. The second-order valence-corrected chi connectivity index (χ2v) is 13.9. The summed E-state index contributed by atoms with van der Waals surface area (Å²) in [5.74, 6) is -0.172. The average Bonchev–Trinajstić information content (AvgIpc) is 3.79. The molecule has 0 saturated carbocycles. The van der Waals surface area contributed by atoms with E-state index < -0.39 is 11.6 Å². The maximum absolute atomic E-state index is 14.8. The molecule has 3 aliphatic heterocycles. The Kier molecular flexibility index (Phi) is 8.93. The molecule has 1 N–H and O–H groups in total. The zero-order valence-electron chi connectivity index (χ0n) is 28.5. The summed E-state index contributed by atoms with van der Waals surface area (Å²) in [6.07, 6.45) is 8.20. The second-order valence-electron chi connectivity index (χ2n) is 13.9. The minimum Gasteiger partial charge on any atom is -0.356 e. The van der Waals surface area contributed by atoms with Gasteiger partial charge in [-0.25, -0.2) is 23.3 Å². The van der Waals surface area contributed by atoms with Gasteiger partial charge in [-0.05, 0) is 74.5 Å². The topological polar surface area (TPSA) is 99.0 Å². The maximum atomic E-state index is 14.8. The molecule has 2 aromatic carbocycles. The highest BCUT2D eigenvalue weighted by molar-refractivity contribution is 6.00. The summed E-state index contributed by atoms with van der Waals surface area (Å²) < 4.78 is 30.2. The Morgan fingerprint density at radius 1 is 0.902 bits per heavy atom. The van der Waals surface area contributed by atoms with Crippen LogP contribution >= 0.6 is 0 Å². The first-order valence-corrected chi connectivity index (χ1v) is 17.7. The van der Waals surface area contributed by atoms with Gasteiger partial charge in [0.2, 0.25) is 11.8 Å². The number of hydrogen-bond donors (Lipinski definition) is 1. The van der Waals surface area contributed by atoms with Gasteiger partial charge in [0, 0.05) is 56.5 Å². The number of piperidine rings is 2. The molecule has 10 nitrogen and oxygen atoms in total. The lowest BCUT2D eigenvalue weighted by molar-refractivity contribution is -0.134. The molecular weight excluding hydrogens is 650 g/mol. The first kappa shape index (κ1) is 32.9. The van der Waals surface area contributed by atoms with E-state index in [0.29, 0.717) is 30.1 Å². The van der Waals surface area contributed by atoms with Crippen molar-refractivity contribution in [1.82, 2.24) is 29.8 Å². The van der Waals surface area contributed by atoms with Crippen molar-refractivity contribution in [1.29, 1.82) is 0 Å². The van der Waals surface area contributed by atoms with Gasteiger partial charge in [0.1, 0.15) is 23.3 Å². The number of rotatable bonds is 8. The molecule has 2 amide bonds. The van der Waals surface area contributed by atoms with E-state index in [-0.39, 0.29) is 23.8 Å². The fraction of sp³-hybridized carbons (Fsp3) is 0.359. The van der Waals surface area contributed by atoms with Crippen molar-refractivity contribution in [2.45, 2.75) is 63.1 Å². The third-order valence-corrected chi connectivity index (χ3v) is 10.7. The van der Waals surface area contributed by atoms with E-state index in [2.05, 4.69) is 44.3 Å². The summed E-state index contributed by atoms with van der Waals surface area (Å²) >= 11 is 0. The van der Waals surface area contributed by atoms with Crippen molar-refractivity contribution in [3.05, 3.63) is 107 Å². The van der Waals surface area contributed by atoms with Crippen LogP contribution in [0.3, 0.4) is 0 Å². The van der Waals surface area contributed by atoms with Crippen LogP contribution in [0.5, 0.6) is 0 Å². The summed E-state index contributed by atoms with van der Waals surface area (Å²) in [5.41, 5.74) is 4.87. The summed E-state index contributed by atoms with van der Waals surface area (Å²) in [7, 11) is 2.16. The van der Waals surface area contributed by atoms with E-state index in [1.165, 1.54) is 12.1 Å². The van der Waals surface area contributed by atoms with Crippen molar-refractivity contribution >= 4 is 29.1 Å². The molecule has 262 valence electrons. The molecule has 3 fully saturated rings. The fourth-order valence-electron chi connectivity index (χ4n) is 7.96. The van der Waals surface area contributed by atoms with E-state index in [0.717, 1.165) is 91.9 Å². The van der Waals surface area contributed by atoms with E-state index in [9.17, 15) is 18.4 Å². The van der Waals surface area contributed by atoms with E-state index in [4.69, 9.17) is 9.97 Å². The summed E-state index contributed by atoms with van der Waals surface area (Å²) in [4.78, 5) is 40.9. The van der Waals surface area contributed by atoms with Crippen molar-refractivity contribution in [3.63, 3.8) is 0 Å². The number of aromatic nitrogens is 4. The third-order valence-electron chi connectivity index (χ3n) is 10.7. The zero-order chi connectivity index (χ0) is 35.1. The lowest BCUT2D eigenvalue weighted by Crippen LogP contribution is -2.43. The van der Waals surface area contributed by atoms with Crippen LogP contribution in [0.15, 0.2) is 79.1 Å². The van der Waals surface area contributed by atoms with Gasteiger partial charge in [0.05, 0.1) is 29.4 Å². The zero-order valence-corrected chi connectivity index (χ0v) is 28.5. The molecule has 6 heterocycles. The monoisotopic (exact) mass is 690 g/mol. The van der Waals surface area contributed by atoms with Gasteiger partial charge in [0.25, 0.3) is 0 Å². The average molecular weight is 691 g/mol. The molecular formula is C39H40F2N8O2. The lowest BCUT2D eigenvalue weighted by atomic mass is 9.89. The van der Waals surface area contributed by atoms with Crippen LogP contribution in [0, 0.1) is 11.6 Å². The SMILES string of the molecule is CN(Cc1cccc(C2CCC(=O)NC2=O)c1)C1CCN(c2cccc(-c3cnn4ccc(N5CCC[C@@H]5c5ccc(F)cc5F)nc34)n2)CC1. The Bertz CT molecular complexity index is 2090. The first-order valence-electron chi connectivity index (χ1n) is 17.7. The van der Waals surface area contributed by atoms with Gasteiger partial charge >= 0.3 is 0 Å². The Morgan fingerprint density at radius 2 is 1.75 bits per heavy atom. The summed E-state index contributed by atoms with van der Waals surface area (Å²) in [6, 6.07) is 20.1. The lowest BCUT2D eigenvalue weighted by Gasteiger charge is -2.37. The van der Waals surface area contributed by atoms with E-state index in [1.807, 2.05) is 42.6 Å². The number of nitrogens with one attached hydrogen (secondary N) is 1. The van der Waals surface area contributed by atoms with Crippen molar-refractivity contribution in [2.75, 3.05) is 36.5 Å². The number of hydrogen-bond acceptors (Lipinski definition) is 8. The van der Waals surface area contributed by atoms with Gasteiger partial charge in [-0.15, -0.1) is 0 Å². The smallest absolute Gasteiger partial charge is 0.234 e. The summed E-state index contributed by atoms with van der Waals surface area (Å²) in [6.45, 7) is 3.24. The number of halogens is 2. The van der Waals surface area contributed by atoms with Gasteiger partial charge in [0.15, 0.2) is 5.65 Å². The number of carbonyl (C=O) groups excluding carboxylic acids is 2. The van der Waals surface area contributed by atoms with Crippen LogP contribution in [0.2, 0.25) is 0 Å². The highest BCUT2D eigenvalue weighted by Crippen LogP contribution is 2.37. The van der Waals surface area contributed by atoms with Gasteiger partial charge in [-0.1, -0.05) is 36.4 Å². The number of nitrogens with zero attached hydrogens (tertiary/aromatic N) is 7. The standard InChI is InChI=1S/C39H40F2N8O2/c1-46(24-25-5-2-6-26(21-25)29-12-13-37(50)45-39(29)51)28-14-18-47(19-15-28)35-9-3-7-33(43-35)31-23-42-49-20-16-36(44-38(31)49)48-17-4-8-34(48)30-11-10-27(40)22-32(30)41/h2-3,5-7,9-11,16,20-23,28-29,34H,4,8,12-15,17-19,24H2,1H3,(H,45,50,51)/t29?,34-/m1/s1. The van der Waals surface area contributed by atoms with Gasteiger partial charge in [-0.2, -0.15) is 5.10 Å². The van der Waals surface area contributed by atoms with Crippen molar-refractivity contribution in [2.24, 2.45) is 0 Å². The Hall–Kier alpha value is -5.23. The molecule has 0 aliphatic carbocycles. The quantitative estimate of drug-likeness (QED) is 0.197. The van der Waals surface area contributed by atoms with Crippen molar-refractivity contribution < 1.29 is 18.4 Å². The minimum atomic E-state index is -0.581. The molecule has 51 heavy (non-hydrogen) atoms. The molecule has 0 bridgehead atoms. The molecule has 3 saturated heterocycles. The molecule has 0 radical (unpaired) electrons. The molecule has 3 aromatic heterocycles. The molecule has 2 atom stereocenters. The number of benzene rings is 2. The van der Waals surface area contributed by atoms with Crippen LogP contribution in [0.1, 0.15) is 67.2 Å². The molecule has 8 rings (SSSR count). The molecule has 12 heteroatoms. The summed E-state index contributed by atoms with van der Waals surface area (Å²) in [5, 5.41) is 7.02. The Morgan fingerprint density at radius 3 is 2.57 bits per heavy atom. The largest absolute Gasteiger partial charge is 0.356 e. The van der Waals surface area contributed by atoms with E-state index in [1.54, 1.807) is 10.7 Å². The molecule has 1 unspecified atom stereocenters. The van der Waals surface area contributed by atoms with Crippen LogP contribution < -0.4 is 15.1 Å². The fourth-order valence-corrected chi connectivity index (χ4v) is 7.96. The van der Waals surface area contributed by atoms with Crippen LogP contribution in [0.4, 0.5) is 20.4 Å². The first-order chi connectivity index (χ1) is 24.8. The number of imide groups is 1. The predicted molar refractivity (Wildman–Crippen MR) is 190 cm³/mol. The number of anilines is 2. The predicted octanol–water partition coefficient (Wildman–Crippen LogP) is 6.03. The third kappa shape index (κ3) is 6.67. The number of carbonyl (C=O) groups is 2. The van der Waals surface area contributed by atoms with Crippen LogP contribution in [0.25, 0.3) is 16.9 Å². The highest BCUT2D eigenvalue weighted by Gasteiger charge is 2.31. The molecule has 3 aliphatic rings. The second kappa shape index (κ2) is 13.8. The Labute approximate surface area is 295 Å². The normalized spacial score (nSPS) is 20.1. The van der Waals surface area contributed by atoms with Crippen molar-refractivity contribution in [3.8, 4) is 11.3 Å². The van der Waals surface area contributed by atoms with Crippen LogP contribution in [-0.4, -0.2) is 69.0 Å². The number of amides is 2. The number of fused-ring (bicyclic) bond motifs is 1. The van der Waals surface area contributed by atoms with Crippen LogP contribution in [-0.2, 0) is 16.1 Å². The minimum absolute atomic E-state index is 0.197. The highest BCUT2D eigenvalue weighted by atomic mass is 19.1. The maximum Gasteiger partial charge on any atom is 0.234 e. The van der Waals surface area contributed by atoms with E-state index >= 15 is 0 Å².